The molecule has 3 rings (SSSR count). The molecule has 1 heterocycles. The molecule has 1 aromatic heterocycles. The number of benzene rings is 2. The fourth-order valence-electron chi connectivity index (χ4n) is 1.92. The molecule has 0 atom stereocenters. The second-order valence-corrected chi connectivity index (χ2v) is 6.19. The molecule has 106 valence electrons. The molecular formula is C14H6BrF2NO2S. The van der Waals surface area contributed by atoms with Crippen LogP contribution in [0.15, 0.2) is 34.8 Å². The fourth-order valence-corrected chi connectivity index (χ4v) is 3.24. The minimum atomic E-state index is -1.33. The number of carboxylic acids is 1. The summed E-state index contributed by atoms with van der Waals surface area (Å²) in [5, 5.41) is 9.47. The lowest BCUT2D eigenvalue weighted by molar-refractivity contribution is 0.0697. The van der Waals surface area contributed by atoms with Crippen molar-refractivity contribution in [3.05, 3.63) is 52.0 Å². The number of hydrogen-bond acceptors (Lipinski definition) is 3. The molecule has 1 N–H and O–H groups in total. The summed E-state index contributed by atoms with van der Waals surface area (Å²) in [6, 6.07) is 6.96. The molecule has 0 aliphatic rings. The fraction of sp³-hybridized carbons (Fsp3) is 0. The van der Waals surface area contributed by atoms with Crippen LogP contribution in [-0.2, 0) is 0 Å². The van der Waals surface area contributed by atoms with E-state index in [0.29, 0.717) is 16.6 Å². The maximum Gasteiger partial charge on any atom is 0.336 e. The number of rotatable bonds is 2. The SMILES string of the molecule is O=C(O)c1cc(F)c(F)cc1-c1nc2cc(Br)ccc2s1. The van der Waals surface area contributed by atoms with Gasteiger partial charge >= 0.3 is 5.97 Å². The van der Waals surface area contributed by atoms with E-state index in [1.807, 2.05) is 12.1 Å². The van der Waals surface area contributed by atoms with Gasteiger partial charge in [0.05, 0.1) is 15.8 Å². The molecule has 0 radical (unpaired) electrons. The van der Waals surface area contributed by atoms with Crippen LogP contribution in [0.25, 0.3) is 20.8 Å². The molecule has 0 aliphatic carbocycles. The zero-order valence-electron chi connectivity index (χ0n) is 10.2. The first-order valence-electron chi connectivity index (χ1n) is 5.74. The Hall–Kier alpha value is -1.86. The molecule has 0 aliphatic heterocycles. The highest BCUT2D eigenvalue weighted by molar-refractivity contribution is 9.10. The lowest BCUT2D eigenvalue weighted by atomic mass is 10.1. The Balaban J connectivity index is 2.26. The normalized spacial score (nSPS) is 11.0. The van der Waals surface area contributed by atoms with E-state index >= 15 is 0 Å². The topological polar surface area (TPSA) is 50.2 Å². The average Bonchev–Trinajstić information content (AvgIpc) is 2.83. The van der Waals surface area contributed by atoms with Crippen molar-refractivity contribution in [3.63, 3.8) is 0 Å². The van der Waals surface area contributed by atoms with Crippen molar-refractivity contribution in [1.82, 2.24) is 4.98 Å². The second kappa shape index (κ2) is 5.16. The van der Waals surface area contributed by atoms with Gasteiger partial charge in [-0.15, -0.1) is 11.3 Å². The molecule has 3 nitrogen and oxygen atoms in total. The van der Waals surface area contributed by atoms with Crippen molar-refractivity contribution < 1.29 is 18.7 Å². The van der Waals surface area contributed by atoms with Gasteiger partial charge in [0.25, 0.3) is 0 Å². The van der Waals surface area contributed by atoms with Crippen LogP contribution in [-0.4, -0.2) is 16.1 Å². The van der Waals surface area contributed by atoms with E-state index in [0.717, 1.165) is 15.2 Å². The summed E-state index contributed by atoms with van der Waals surface area (Å²) in [6.45, 7) is 0. The van der Waals surface area contributed by atoms with E-state index in [-0.39, 0.29) is 11.1 Å². The van der Waals surface area contributed by atoms with Crippen LogP contribution in [0.1, 0.15) is 10.4 Å². The predicted molar refractivity (Wildman–Crippen MR) is 79.6 cm³/mol. The second-order valence-electron chi connectivity index (χ2n) is 4.25. The van der Waals surface area contributed by atoms with E-state index in [9.17, 15) is 13.6 Å². The average molecular weight is 370 g/mol. The van der Waals surface area contributed by atoms with Gasteiger partial charge in [0.1, 0.15) is 5.01 Å². The summed E-state index contributed by atoms with van der Waals surface area (Å²) in [5.74, 6) is -3.63. The maximum absolute atomic E-state index is 13.4. The molecule has 0 bridgehead atoms. The van der Waals surface area contributed by atoms with Crippen LogP contribution < -0.4 is 0 Å². The number of thiazole rings is 1. The van der Waals surface area contributed by atoms with Gasteiger partial charge in [0, 0.05) is 10.0 Å². The third-order valence-corrected chi connectivity index (χ3v) is 4.43. The van der Waals surface area contributed by atoms with Crippen molar-refractivity contribution in [2.24, 2.45) is 0 Å². The number of halogens is 3. The molecule has 0 fully saturated rings. The summed E-state index contributed by atoms with van der Waals surface area (Å²) in [4.78, 5) is 15.5. The number of aromatic carboxylic acids is 1. The van der Waals surface area contributed by atoms with Crippen molar-refractivity contribution >= 4 is 43.5 Å². The van der Waals surface area contributed by atoms with Gasteiger partial charge in [0.2, 0.25) is 0 Å². The molecular weight excluding hydrogens is 364 g/mol. The zero-order chi connectivity index (χ0) is 15.1. The zero-order valence-corrected chi connectivity index (χ0v) is 12.6. The van der Waals surface area contributed by atoms with Crippen molar-refractivity contribution in [1.29, 1.82) is 0 Å². The number of carbonyl (C=O) groups is 1. The molecule has 21 heavy (non-hydrogen) atoms. The van der Waals surface area contributed by atoms with Crippen molar-refractivity contribution in [2.45, 2.75) is 0 Å². The van der Waals surface area contributed by atoms with E-state index in [1.54, 1.807) is 6.07 Å². The predicted octanol–water partition coefficient (Wildman–Crippen LogP) is 4.70. The number of nitrogens with zero attached hydrogens (tertiary/aromatic N) is 1. The molecule has 2 aromatic carbocycles. The third-order valence-electron chi connectivity index (χ3n) is 2.87. The van der Waals surface area contributed by atoms with E-state index < -0.39 is 17.6 Å². The lowest BCUT2D eigenvalue weighted by Crippen LogP contribution is -2.02. The Morgan fingerprint density at radius 1 is 1.19 bits per heavy atom. The van der Waals surface area contributed by atoms with Gasteiger partial charge in [-0.3, -0.25) is 0 Å². The Bertz CT molecular complexity index is 879. The van der Waals surface area contributed by atoms with Gasteiger partial charge in [0.15, 0.2) is 11.6 Å². The van der Waals surface area contributed by atoms with E-state index in [4.69, 9.17) is 5.11 Å². The Morgan fingerprint density at radius 3 is 2.62 bits per heavy atom. The molecule has 0 saturated carbocycles. The summed E-state index contributed by atoms with van der Waals surface area (Å²) in [5.41, 5.74) is 0.413. The number of carboxylic acid groups (broad SMARTS) is 1. The lowest BCUT2D eigenvalue weighted by Gasteiger charge is -2.03. The highest BCUT2D eigenvalue weighted by Gasteiger charge is 2.19. The molecule has 3 aromatic rings. The van der Waals surface area contributed by atoms with E-state index in [1.165, 1.54) is 11.3 Å². The van der Waals surface area contributed by atoms with E-state index in [2.05, 4.69) is 20.9 Å². The number of fused-ring (bicyclic) bond motifs is 1. The highest BCUT2D eigenvalue weighted by atomic mass is 79.9. The summed E-state index contributed by atoms with van der Waals surface area (Å²) in [6.07, 6.45) is 0. The first kappa shape index (κ1) is 14.1. The van der Waals surface area contributed by atoms with Gasteiger partial charge in [-0.05, 0) is 30.3 Å². The van der Waals surface area contributed by atoms with Gasteiger partial charge < -0.3 is 5.11 Å². The minimum Gasteiger partial charge on any atom is -0.478 e. The Morgan fingerprint density at radius 2 is 1.90 bits per heavy atom. The van der Waals surface area contributed by atoms with Crippen LogP contribution in [0.4, 0.5) is 8.78 Å². The van der Waals surface area contributed by atoms with Crippen LogP contribution >= 0.6 is 27.3 Å². The van der Waals surface area contributed by atoms with Crippen molar-refractivity contribution in [2.75, 3.05) is 0 Å². The van der Waals surface area contributed by atoms with Crippen LogP contribution in [0.2, 0.25) is 0 Å². The number of hydrogen-bond donors (Lipinski definition) is 1. The van der Waals surface area contributed by atoms with Crippen LogP contribution in [0.3, 0.4) is 0 Å². The standard InChI is InChI=1S/C14H6BrF2NO2S/c15-6-1-2-12-11(3-6)18-13(21-12)7-4-9(16)10(17)5-8(7)14(19)20/h1-5H,(H,19,20). The van der Waals surface area contributed by atoms with Gasteiger partial charge in [-0.2, -0.15) is 0 Å². The summed E-state index contributed by atoms with van der Waals surface area (Å²) >= 11 is 4.54. The number of aromatic nitrogens is 1. The molecule has 0 amide bonds. The van der Waals surface area contributed by atoms with Crippen LogP contribution in [0, 0.1) is 11.6 Å². The summed E-state index contributed by atoms with van der Waals surface area (Å²) < 4.78 is 28.3. The first-order valence-corrected chi connectivity index (χ1v) is 7.35. The van der Waals surface area contributed by atoms with Crippen LogP contribution in [0.5, 0.6) is 0 Å². The highest BCUT2D eigenvalue weighted by Crippen LogP contribution is 2.34. The molecule has 0 saturated heterocycles. The quantitative estimate of drug-likeness (QED) is 0.711. The first-order chi connectivity index (χ1) is 9.95. The molecule has 7 heteroatoms. The Kier molecular flexibility index (Phi) is 3.46. The maximum atomic E-state index is 13.4. The third kappa shape index (κ3) is 2.54. The van der Waals surface area contributed by atoms with Gasteiger partial charge in [-0.1, -0.05) is 15.9 Å². The smallest absolute Gasteiger partial charge is 0.336 e. The monoisotopic (exact) mass is 369 g/mol. The molecule has 0 spiro atoms. The minimum absolute atomic E-state index is 0.0683. The molecule has 0 unspecified atom stereocenters. The Labute approximate surface area is 130 Å². The largest absolute Gasteiger partial charge is 0.478 e. The van der Waals surface area contributed by atoms with Gasteiger partial charge in [-0.25, -0.2) is 18.6 Å². The van der Waals surface area contributed by atoms with Crippen molar-refractivity contribution in [3.8, 4) is 10.6 Å². The summed E-state index contributed by atoms with van der Waals surface area (Å²) in [7, 11) is 0.